The molecule has 0 aliphatic carbocycles. The van der Waals surface area contributed by atoms with E-state index in [0.717, 1.165) is 41.0 Å². The lowest BCUT2D eigenvalue weighted by Crippen LogP contribution is -2.14. The van der Waals surface area contributed by atoms with E-state index in [0.29, 0.717) is 23.6 Å². The number of Topliss-reactive ketones (excluding diaryl/α,β-unsaturated/α-hetero) is 1. The number of hydrogen-bond donors (Lipinski definition) is 2. The molecule has 32 heavy (non-hydrogen) atoms. The Morgan fingerprint density at radius 1 is 1.12 bits per heavy atom. The molecule has 0 spiro atoms. The number of hydrogen-bond acceptors (Lipinski definition) is 5. The van der Waals surface area contributed by atoms with E-state index in [4.69, 9.17) is 0 Å². The number of carbonyl (C=O) groups excluding carboxylic acids is 1. The van der Waals surface area contributed by atoms with Crippen molar-refractivity contribution in [2.24, 2.45) is 0 Å². The molecule has 1 aliphatic rings. The van der Waals surface area contributed by atoms with Crippen molar-refractivity contribution in [3.8, 4) is 10.6 Å². The predicted octanol–water partition coefficient (Wildman–Crippen LogP) is 5.53. The van der Waals surface area contributed by atoms with Gasteiger partial charge in [0.05, 0.1) is 11.7 Å². The first-order valence-electron chi connectivity index (χ1n) is 11.1. The summed E-state index contributed by atoms with van der Waals surface area (Å²) in [6.45, 7) is 6.27. The molecule has 1 unspecified atom stereocenters. The zero-order valence-electron chi connectivity index (χ0n) is 17.9. The summed E-state index contributed by atoms with van der Waals surface area (Å²) in [5.41, 5.74) is 5.50. The molecule has 3 heterocycles. The maximum atomic E-state index is 13.2. The van der Waals surface area contributed by atoms with Crippen LogP contribution in [0.3, 0.4) is 0 Å². The lowest BCUT2D eigenvalue weighted by Gasteiger charge is -2.19. The minimum Gasteiger partial charge on any atom is -0.317 e. The van der Waals surface area contributed by atoms with Gasteiger partial charge in [0.2, 0.25) is 5.78 Å². The molecule has 1 saturated heterocycles. The largest absolute Gasteiger partial charge is 0.317 e. The summed E-state index contributed by atoms with van der Waals surface area (Å²) in [7, 11) is 0. The number of nitrogens with one attached hydrogen (secondary N) is 2. The Kier molecular flexibility index (Phi) is 5.97. The minimum absolute atomic E-state index is 0.0818. The molecule has 2 aromatic heterocycles. The van der Waals surface area contributed by atoms with Crippen molar-refractivity contribution in [2.75, 3.05) is 13.1 Å². The highest BCUT2D eigenvalue weighted by molar-refractivity contribution is 7.13. The van der Waals surface area contributed by atoms with Crippen molar-refractivity contribution >= 4 is 28.0 Å². The van der Waals surface area contributed by atoms with Crippen molar-refractivity contribution in [1.29, 1.82) is 0 Å². The standard InChI is InChI=1S/C26H26N4OS/c1-17(14-19-6-2-3-9-21(19)18-8-5-12-27-13-11-18)25(31)23-16-32-26(29-23)22-10-4-7-20-15-28-30-24(20)22/h2-4,6-7,9-10,15-16,18,27H,1,5,8,11-14H2,(H,28,30). The summed E-state index contributed by atoms with van der Waals surface area (Å²) < 4.78 is 0. The number of para-hydroxylation sites is 1. The molecule has 6 heteroatoms. The zero-order chi connectivity index (χ0) is 21.9. The second kappa shape index (κ2) is 9.18. The number of carbonyl (C=O) groups is 1. The van der Waals surface area contributed by atoms with Crippen LogP contribution in [0.5, 0.6) is 0 Å². The van der Waals surface area contributed by atoms with Gasteiger partial charge in [-0.25, -0.2) is 4.98 Å². The Morgan fingerprint density at radius 3 is 2.97 bits per heavy atom. The molecule has 4 aromatic rings. The first-order valence-corrected chi connectivity index (χ1v) is 12.0. The van der Waals surface area contributed by atoms with Crippen molar-refractivity contribution in [1.82, 2.24) is 20.5 Å². The summed E-state index contributed by atoms with van der Waals surface area (Å²) in [6, 6.07) is 14.5. The molecule has 0 bridgehead atoms. The van der Waals surface area contributed by atoms with Gasteiger partial charge in [0, 0.05) is 22.8 Å². The second-order valence-electron chi connectivity index (χ2n) is 8.36. The van der Waals surface area contributed by atoms with E-state index in [2.05, 4.69) is 51.3 Å². The fraction of sp³-hybridized carbons (Fsp3) is 0.269. The van der Waals surface area contributed by atoms with Crippen molar-refractivity contribution in [3.63, 3.8) is 0 Å². The highest BCUT2D eigenvalue weighted by Gasteiger charge is 2.20. The Morgan fingerprint density at radius 2 is 2.03 bits per heavy atom. The topological polar surface area (TPSA) is 70.7 Å². The molecule has 162 valence electrons. The van der Waals surface area contributed by atoms with E-state index in [1.54, 1.807) is 6.20 Å². The molecule has 1 fully saturated rings. The fourth-order valence-corrected chi connectivity index (χ4v) is 5.39. The Hall–Kier alpha value is -3.09. The second-order valence-corrected chi connectivity index (χ2v) is 9.22. The van der Waals surface area contributed by atoms with Crippen LogP contribution in [0.4, 0.5) is 0 Å². The molecular weight excluding hydrogens is 416 g/mol. The highest BCUT2D eigenvalue weighted by Crippen LogP contribution is 2.32. The van der Waals surface area contributed by atoms with Crippen LogP contribution in [-0.2, 0) is 6.42 Å². The van der Waals surface area contributed by atoms with E-state index in [1.165, 1.54) is 35.3 Å². The molecular formula is C26H26N4OS. The van der Waals surface area contributed by atoms with Gasteiger partial charge in [-0.15, -0.1) is 11.3 Å². The molecule has 5 rings (SSSR count). The third kappa shape index (κ3) is 4.16. The van der Waals surface area contributed by atoms with Crippen LogP contribution in [0.2, 0.25) is 0 Å². The number of rotatable bonds is 6. The van der Waals surface area contributed by atoms with Crippen LogP contribution in [0.1, 0.15) is 46.8 Å². The Balaban J connectivity index is 1.35. The molecule has 2 N–H and O–H groups in total. The number of H-pyrrole nitrogens is 1. The van der Waals surface area contributed by atoms with Gasteiger partial charge in [0.1, 0.15) is 10.7 Å². The van der Waals surface area contributed by atoms with E-state index in [1.807, 2.05) is 23.6 Å². The number of thiazole rings is 1. The molecule has 0 radical (unpaired) electrons. The number of nitrogens with zero attached hydrogens (tertiary/aromatic N) is 2. The number of aromatic amines is 1. The summed E-state index contributed by atoms with van der Waals surface area (Å²) in [6.07, 6.45) is 5.85. The summed E-state index contributed by atoms with van der Waals surface area (Å²) in [5, 5.41) is 14.3. The number of ketones is 1. The minimum atomic E-state index is -0.0818. The summed E-state index contributed by atoms with van der Waals surface area (Å²) in [4.78, 5) is 17.8. The molecule has 1 aliphatic heterocycles. The van der Waals surface area contributed by atoms with E-state index < -0.39 is 0 Å². The molecule has 0 amide bonds. The van der Waals surface area contributed by atoms with Gasteiger partial charge in [-0.3, -0.25) is 9.89 Å². The van der Waals surface area contributed by atoms with Crippen molar-refractivity contribution in [2.45, 2.75) is 31.6 Å². The maximum absolute atomic E-state index is 13.2. The normalized spacial score (nSPS) is 16.7. The molecule has 2 aromatic carbocycles. The number of benzene rings is 2. The van der Waals surface area contributed by atoms with E-state index >= 15 is 0 Å². The maximum Gasteiger partial charge on any atom is 0.207 e. The van der Waals surface area contributed by atoms with E-state index in [9.17, 15) is 4.79 Å². The van der Waals surface area contributed by atoms with Gasteiger partial charge in [0.25, 0.3) is 0 Å². The zero-order valence-corrected chi connectivity index (χ0v) is 18.8. The van der Waals surface area contributed by atoms with Crippen LogP contribution in [-0.4, -0.2) is 34.1 Å². The quantitative estimate of drug-likeness (QED) is 0.304. The fourth-order valence-electron chi connectivity index (χ4n) is 4.56. The van der Waals surface area contributed by atoms with Gasteiger partial charge in [-0.2, -0.15) is 5.10 Å². The first-order chi connectivity index (χ1) is 15.7. The van der Waals surface area contributed by atoms with Gasteiger partial charge < -0.3 is 5.32 Å². The summed E-state index contributed by atoms with van der Waals surface area (Å²) in [5.74, 6) is 0.450. The van der Waals surface area contributed by atoms with Crippen LogP contribution >= 0.6 is 11.3 Å². The van der Waals surface area contributed by atoms with Crippen LogP contribution in [0.25, 0.3) is 21.5 Å². The lowest BCUT2D eigenvalue weighted by molar-refractivity contribution is 0.102. The predicted molar refractivity (Wildman–Crippen MR) is 130 cm³/mol. The smallest absolute Gasteiger partial charge is 0.207 e. The van der Waals surface area contributed by atoms with Gasteiger partial charge >= 0.3 is 0 Å². The lowest BCUT2D eigenvalue weighted by atomic mass is 9.86. The Bertz CT molecular complexity index is 1260. The van der Waals surface area contributed by atoms with Gasteiger partial charge in [0.15, 0.2) is 0 Å². The van der Waals surface area contributed by atoms with Crippen LogP contribution in [0, 0.1) is 0 Å². The van der Waals surface area contributed by atoms with Crippen LogP contribution < -0.4 is 5.32 Å². The third-order valence-corrected chi connectivity index (χ3v) is 7.12. The average molecular weight is 443 g/mol. The van der Waals surface area contributed by atoms with Crippen molar-refractivity contribution in [3.05, 3.63) is 83.0 Å². The average Bonchev–Trinajstić information content (AvgIpc) is 3.42. The summed E-state index contributed by atoms with van der Waals surface area (Å²) >= 11 is 1.47. The monoisotopic (exact) mass is 442 g/mol. The third-order valence-electron chi connectivity index (χ3n) is 6.24. The molecule has 0 saturated carbocycles. The molecule has 1 atom stereocenters. The van der Waals surface area contributed by atoms with Gasteiger partial charge in [-0.1, -0.05) is 43.0 Å². The van der Waals surface area contributed by atoms with E-state index in [-0.39, 0.29) is 5.78 Å². The Labute approximate surface area is 191 Å². The number of fused-ring (bicyclic) bond motifs is 1. The molecule has 5 nitrogen and oxygen atoms in total. The first kappa shape index (κ1) is 20.8. The number of aromatic nitrogens is 3. The number of allylic oxidation sites excluding steroid dienone is 1. The van der Waals surface area contributed by atoms with Crippen LogP contribution in [0.15, 0.2) is 66.2 Å². The van der Waals surface area contributed by atoms with Crippen molar-refractivity contribution < 1.29 is 4.79 Å². The SMILES string of the molecule is C=C(Cc1ccccc1C1CCCNCC1)C(=O)c1csc(-c2cccc3cn[nH]c23)n1. The highest BCUT2D eigenvalue weighted by atomic mass is 32.1. The van der Waals surface area contributed by atoms with Gasteiger partial charge in [-0.05, 0) is 61.0 Å².